The Bertz CT molecular complexity index is 3030. The van der Waals surface area contributed by atoms with Crippen molar-refractivity contribution in [3.63, 3.8) is 0 Å². The van der Waals surface area contributed by atoms with Gasteiger partial charge >= 0.3 is 0 Å². The Morgan fingerprint density at radius 3 is 1.36 bits per heavy atom. The topological polar surface area (TPSA) is 243 Å². The lowest BCUT2D eigenvalue weighted by molar-refractivity contribution is 0.165. The van der Waals surface area contributed by atoms with Crippen LogP contribution in [0, 0.1) is 25.7 Å². The predicted octanol–water partition coefficient (Wildman–Crippen LogP) is 5.77. The molecule has 67 heavy (non-hydrogen) atoms. The number of sulfone groups is 2. The van der Waals surface area contributed by atoms with E-state index in [1.165, 1.54) is 0 Å². The second kappa shape index (κ2) is 19.5. The number of aromatic nitrogens is 8. The van der Waals surface area contributed by atoms with Crippen LogP contribution in [0.4, 0.5) is 11.9 Å². The van der Waals surface area contributed by atoms with Gasteiger partial charge in [-0.05, 0) is 73.9 Å². The van der Waals surface area contributed by atoms with Crippen LogP contribution in [0.1, 0.15) is 130 Å². The smallest absolute Gasteiger partial charge is 0.226 e. The highest BCUT2D eigenvalue weighted by Crippen LogP contribution is 2.40. The number of fused-ring (bicyclic) bond motifs is 6. The summed E-state index contributed by atoms with van der Waals surface area (Å²) in [5, 5.41) is 40.1. The summed E-state index contributed by atoms with van der Waals surface area (Å²) < 4.78 is 53.4. The van der Waals surface area contributed by atoms with Gasteiger partial charge in [0.15, 0.2) is 19.7 Å². The molecular weight excluding hydrogens is 897 g/mol. The Morgan fingerprint density at radius 2 is 1.03 bits per heavy atom. The number of imidazole rings is 2. The summed E-state index contributed by atoms with van der Waals surface area (Å²) in [6, 6.07) is 6.35. The number of nitrogens with zero attached hydrogens (tertiary/aromatic N) is 10. The second-order valence-electron chi connectivity index (χ2n) is 18.4. The monoisotopic (exact) mass is 960 g/mol. The molecule has 0 aliphatic carbocycles. The van der Waals surface area contributed by atoms with Crippen LogP contribution in [0.25, 0.3) is 22.1 Å². The van der Waals surface area contributed by atoms with E-state index in [-0.39, 0.29) is 46.9 Å². The molecule has 18 nitrogen and oxygen atoms in total. The molecule has 0 saturated carbocycles. The van der Waals surface area contributed by atoms with E-state index in [2.05, 4.69) is 56.6 Å². The number of aryl methyl sites for hydroxylation is 2. The van der Waals surface area contributed by atoms with Gasteiger partial charge < -0.3 is 39.4 Å². The summed E-state index contributed by atoms with van der Waals surface area (Å²) in [6.45, 7) is 17.9. The Hall–Kier alpha value is -5.12. The molecule has 4 atom stereocenters. The minimum atomic E-state index is -3.50. The Labute approximate surface area is 392 Å². The number of benzene rings is 2. The fourth-order valence-electron chi connectivity index (χ4n) is 9.53. The summed E-state index contributed by atoms with van der Waals surface area (Å²) in [5.41, 5.74) is 6.50. The molecule has 20 heteroatoms. The normalized spacial score (nSPS) is 17.5. The largest absolute Gasteiger partial charge is 0.392 e. The van der Waals surface area contributed by atoms with Gasteiger partial charge in [0.05, 0.1) is 69.4 Å². The first-order valence-electron chi connectivity index (χ1n) is 22.9. The molecule has 0 radical (unpaired) electrons. The number of rotatable bonds is 13. The number of hydrogen-bond donors (Lipinski definition) is 4. The van der Waals surface area contributed by atoms with Gasteiger partial charge in [0.1, 0.15) is 11.6 Å². The molecular formula is C47H64N10O8S2. The lowest BCUT2D eigenvalue weighted by Crippen LogP contribution is -2.42. The van der Waals surface area contributed by atoms with Gasteiger partial charge in [-0.1, -0.05) is 48.0 Å². The van der Waals surface area contributed by atoms with Crippen molar-refractivity contribution in [2.24, 2.45) is 11.8 Å². The van der Waals surface area contributed by atoms with Crippen molar-refractivity contribution >= 4 is 53.6 Å². The fourth-order valence-corrected chi connectivity index (χ4v) is 11.4. The van der Waals surface area contributed by atoms with Crippen molar-refractivity contribution in [2.45, 2.75) is 135 Å². The molecule has 0 bridgehead atoms. The summed E-state index contributed by atoms with van der Waals surface area (Å²) in [5.74, 6) is 3.18. The van der Waals surface area contributed by atoms with Gasteiger partial charge in [0.2, 0.25) is 11.9 Å². The van der Waals surface area contributed by atoms with E-state index in [1.54, 1.807) is 36.7 Å². The average Bonchev–Trinajstić information content (AvgIpc) is 3.83. The number of hydrogen-bond acceptors (Lipinski definition) is 16. The maximum Gasteiger partial charge on any atom is 0.226 e. The van der Waals surface area contributed by atoms with Crippen molar-refractivity contribution < 1.29 is 37.3 Å². The first-order chi connectivity index (χ1) is 31.6. The summed E-state index contributed by atoms with van der Waals surface area (Å²) >= 11 is 0. The van der Waals surface area contributed by atoms with Crippen molar-refractivity contribution in [3.8, 4) is 0 Å². The molecule has 2 aromatic carbocycles. The number of aliphatic hydroxyl groups excluding tert-OH is 4. The van der Waals surface area contributed by atoms with E-state index in [0.29, 0.717) is 73.1 Å². The summed E-state index contributed by atoms with van der Waals surface area (Å²) in [4.78, 5) is 32.9. The predicted molar refractivity (Wildman–Crippen MR) is 256 cm³/mol. The lowest BCUT2D eigenvalue weighted by atomic mass is 10.00. The van der Waals surface area contributed by atoms with E-state index in [1.807, 2.05) is 27.7 Å². The van der Waals surface area contributed by atoms with Crippen LogP contribution in [0.3, 0.4) is 0 Å². The third-order valence-corrected chi connectivity index (χ3v) is 15.2. The minimum Gasteiger partial charge on any atom is -0.392 e. The van der Waals surface area contributed by atoms with E-state index >= 15 is 0 Å². The average molecular weight is 961 g/mol. The molecule has 2 aliphatic rings. The van der Waals surface area contributed by atoms with Crippen LogP contribution in [-0.2, 0) is 46.0 Å². The molecule has 0 saturated heterocycles. The highest BCUT2D eigenvalue weighted by molar-refractivity contribution is 7.91. The number of anilines is 2. The first kappa shape index (κ1) is 49.8. The molecule has 0 amide bonds. The third kappa shape index (κ3) is 9.65. The van der Waals surface area contributed by atoms with Crippen LogP contribution >= 0.6 is 0 Å². The lowest BCUT2D eigenvalue weighted by Gasteiger charge is -2.38. The van der Waals surface area contributed by atoms with E-state index in [0.717, 1.165) is 64.1 Å². The van der Waals surface area contributed by atoms with Crippen LogP contribution in [0.15, 0.2) is 46.5 Å². The highest BCUT2D eigenvalue weighted by atomic mass is 32.2. The molecule has 2 aliphatic heterocycles. The Morgan fingerprint density at radius 1 is 0.627 bits per heavy atom. The van der Waals surface area contributed by atoms with E-state index < -0.39 is 31.9 Å². The van der Waals surface area contributed by atoms with Crippen LogP contribution in [0.2, 0.25) is 0 Å². The first-order valence-corrected chi connectivity index (χ1v) is 26.7. The molecule has 6 aromatic rings. The van der Waals surface area contributed by atoms with Gasteiger partial charge in [-0.3, -0.25) is 0 Å². The van der Waals surface area contributed by atoms with Gasteiger partial charge in [-0.2, -0.15) is 0 Å². The van der Waals surface area contributed by atoms with Gasteiger partial charge in [-0.15, -0.1) is 0 Å². The summed E-state index contributed by atoms with van der Waals surface area (Å²) in [6.07, 6.45) is 6.70. The van der Waals surface area contributed by atoms with Gasteiger partial charge in [-0.25, -0.2) is 46.7 Å². The molecule has 4 N–H and O–H groups in total. The summed E-state index contributed by atoms with van der Waals surface area (Å²) in [7, 11) is -6.99. The van der Waals surface area contributed by atoms with Crippen LogP contribution in [-0.4, -0.2) is 102 Å². The zero-order valence-corrected chi connectivity index (χ0v) is 41.6. The standard InChI is InChI=1S/C24H33N5O4S.C23H31N5O4S/c1-6-7-20(31)17-12-25-24(26-15(17)4)29-9-8-28-19-11-21(34(5,32)33)16(13-30)10-18(19)27-23(28)22(29)14(2)3;1-6-19(30)16-11-24-23(25-14(16)4)28-8-7-27-18-10-20(33(5,31)32)15(12-29)9-17(18)26-22(27)21(28)13(2)3/h10-12,14,20,22,30-31H,6-9,13H2,1-5H3;9-11,13,19,21,29-30H,6-8,12H2,1-5H3/t20-,22+;19-,21-/m01/s1. The molecule has 362 valence electrons. The molecule has 0 fully saturated rings. The molecule has 0 spiro atoms. The molecule has 8 rings (SSSR count). The van der Waals surface area contributed by atoms with Crippen molar-refractivity contribution in [1.82, 2.24) is 39.0 Å². The fraction of sp³-hybridized carbons (Fsp3) is 0.532. The Kier molecular flexibility index (Phi) is 14.5. The van der Waals surface area contributed by atoms with Crippen LogP contribution < -0.4 is 9.80 Å². The third-order valence-electron chi connectivity index (χ3n) is 12.8. The van der Waals surface area contributed by atoms with Crippen molar-refractivity contribution in [2.75, 3.05) is 35.4 Å². The Balaban J connectivity index is 0.000000199. The second-order valence-corrected chi connectivity index (χ2v) is 22.4. The minimum absolute atomic E-state index is 0.119. The molecule has 6 heterocycles. The van der Waals surface area contributed by atoms with Gasteiger partial charge in [0, 0.05) is 73.6 Å². The van der Waals surface area contributed by atoms with Crippen LogP contribution in [0.5, 0.6) is 0 Å². The zero-order valence-electron chi connectivity index (χ0n) is 40.0. The van der Waals surface area contributed by atoms with Crippen molar-refractivity contribution in [3.05, 3.63) is 81.9 Å². The quantitative estimate of drug-likeness (QED) is 0.107. The molecule has 4 aromatic heterocycles. The van der Waals surface area contributed by atoms with Gasteiger partial charge in [0.25, 0.3) is 0 Å². The maximum absolute atomic E-state index is 12.3. The van der Waals surface area contributed by atoms with E-state index in [9.17, 15) is 37.3 Å². The van der Waals surface area contributed by atoms with E-state index in [4.69, 9.17) is 19.9 Å². The maximum atomic E-state index is 12.3. The number of aliphatic hydroxyl groups is 4. The zero-order chi connectivity index (χ0) is 48.9. The van der Waals surface area contributed by atoms with Crippen molar-refractivity contribution in [1.29, 1.82) is 0 Å². The molecule has 0 unspecified atom stereocenters. The SMILES string of the molecule is CCC[C@H](O)c1cnc(N2CCn3c(nc4cc(CO)c(S(C)(=O)=O)cc43)[C@H]2C(C)C)nc1C.CC[C@@H](O)c1cnc(N2CCn3c(nc4cc(CO)c(S(C)(=O)=O)cc43)[C@H]2C(C)C)nc1C. The highest BCUT2D eigenvalue weighted by Gasteiger charge is 2.37.